The fourth-order valence-corrected chi connectivity index (χ4v) is 5.38. The Morgan fingerprint density at radius 1 is 0.879 bits per heavy atom. The first kappa shape index (κ1) is 20.3. The van der Waals surface area contributed by atoms with E-state index in [2.05, 4.69) is 24.0 Å². The van der Waals surface area contributed by atoms with Crippen LogP contribution in [-0.4, -0.2) is 15.9 Å². The fraction of sp³-hybridized carbons (Fsp3) is 0.286. The van der Waals surface area contributed by atoms with Crippen molar-refractivity contribution in [3.8, 4) is 11.3 Å². The van der Waals surface area contributed by atoms with Crippen LogP contribution < -0.4 is 0 Å². The van der Waals surface area contributed by atoms with Crippen LogP contribution >= 0.6 is 0 Å². The Bertz CT molecular complexity index is 1570. The molecule has 0 amide bonds. The summed E-state index contributed by atoms with van der Waals surface area (Å²) in [6.45, 7) is 5.97. The lowest BCUT2D eigenvalue weighted by atomic mass is 9.90. The van der Waals surface area contributed by atoms with Gasteiger partial charge in [0, 0.05) is 46.0 Å². The minimum Gasteiger partial charge on any atom is -0.437 e. The Balaban J connectivity index is 1.64. The van der Waals surface area contributed by atoms with Crippen LogP contribution in [0.2, 0.25) is 0 Å². The molecule has 3 aromatic heterocycles. The minimum absolute atomic E-state index is 0.0467. The molecule has 5 heteroatoms. The van der Waals surface area contributed by atoms with Gasteiger partial charge in [-0.3, -0.25) is 4.98 Å². The Morgan fingerprint density at radius 2 is 1.73 bits per heavy atom. The van der Waals surface area contributed by atoms with Gasteiger partial charge in [0.05, 0.1) is 5.69 Å². The molecule has 2 aromatic carbocycles. The van der Waals surface area contributed by atoms with E-state index in [0.717, 1.165) is 60.9 Å². The van der Waals surface area contributed by atoms with Gasteiger partial charge >= 0.3 is 0 Å². The smallest absolute Gasteiger partial charge is 0.248 e. The number of fused-ring (bicyclic) bond motifs is 4. The largest absolute Gasteiger partial charge is 0.437 e. The number of hydrogen-bond acceptors (Lipinski definition) is 3. The topological polar surface area (TPSA) is 38.9 Å². The number of pyridine rings is 2. The number of benzene rings is 2. The molecule has 5 aromatic rings. The third kappa shape index (κ3) is 3.29. The predicted octanol–water partition coefficient (Wildman–Crippen LogP) is 8.02. The van der Waals surface area contributed by atoms with Crippen molar-refractivity contribution in [1.82, 2.24) is 9.97 Å². The second-order valence-electron chi connectivity index (χ2n) is 9.45. The lowest BCUT2D eigenvalue weighted by Crippen LogP contribution is -2.09. The van der Waals surface area contributed by atoms with Crippen LogP contribution in [0.5, 0.6) is 0 Å². The summed E-state index contributed by atoms with van der Waals surface area (Å²) in [4.78, 5) is 9.50. The van der Waals surface area contributed by atoms with Crippen molar-refractivity contribution in [2.75, 3.05) is 0 Å². The first-order chi connectivity index (χ1) is 15.8. The lowest BCUT2D eigenvalue weighted by Gasteiger charge is -2.16. The summed E-state index contributed by atoms with van der Waals surface area (Å²) >= 11 is 0. The van der Waals surface area contributed by atoms with E-state index in [1.165, 1.54) is 0 Å². The maximum absolute atomic E-state index is 14.0. The van der Waals surface area contributed by atoms with Gasteiger partial charge in [0.25, 0.3) is 0 Å². The predicted molar refractivity (Wildman–Crippen MR) is 128 cm³/mol. The maximum Gasteiger partial charge on any atom is 0.248 e. The highest BCUT2D eigenvalue weighted by Crippen LogP contribution is 2.47. The van der Waals surface area contributed by atoms with E-state index in [-0.39, 0.29) is 18.8 Å². The van der Waals surface area contributed by atoms with Gasteiger partial charge in [-0.2, -0.15) is 0 Å². The van der Waals surface area contributed by atoms with E-state index in [1.807, 2.05) is 50.2 Å². The number of nitrogens with zero attached hydrogens (tertiary/aromatic N) is 2. The molecule has 33 heavy (non-hydrogen) atoms. The van der Waals surface area contributed by atoms with Crippen molar-refractivity contribution < 1.29 is 13.2 Å². The standard InChI is InChI=1S/C28H24F2N2O/c1-15-11-23-21-8-7-16(2)32-27(21)33-26(23)24(12-15)25-20-6-4-5-19(22(20)13-17(3)31-25)18-9-10-28(29,30)14-18/h4-8,11-13,18H,9-10,14H2,1-3H3. The first-order valence-electron chi connectivity index (χ1n) is 11.4. The van der Waals surface area contributed by atoms with Gasteiger partial charge < -0.3 is 4.42 Å². The van der Waals surface area contributed by atoms with E-state index in [9.17, 15) is 8.78 Å². The highest BCUT2D eigenvalue weighted by Gasteiger charge is 2.40. The van der Waals surface area contributed by atoms with Crippen LogP contribution in [0, 0.1) is 20.8 Å². The Hall–Kier alpha value is -3.34. The van der Waals surface area contributed by atoms with Crippen molar-refractivity contribution in [1.29, 1.82) is 0 Å². The number of alkyl halides is 2. The molecule has 0 aliphatic heterocycles. The number of furan rings is 1. The molecule has 1 fully saturated rings. The molecule has 0 N–H and O–H groups in total. The Kier molecular flexibility index (Phi) is 4.35. The zero-order chi connectivity index (χ0) is 22.9. The monoisotopic (exact) mass is 442 g/mol. The molecule has 166 valence electrons. The zero-order valence-corrected chi connectivity index (χ0v) is 18.9. The van der Waals surface area contributed by atoms with E-state index in [4.69, 9.17) is 9.40 Å². The molecule has 0 bridgehead atoms. The van der Waals surface area contributed by atoms with Gasteiger partial charge in [-0.15, -0.1) is 0 Å². The Labute approximate surface area is 190 Å². The zero-order valence-electron chi connectivity index (χ0n) is 18.9. The summed E-state index contributed by atoms with van der Waals surface area (Å²) in [6.07, 6.45) is 0.368. The van der Waals surface area contributed by atoms with Gasteiger partial charge in [0.15, 0.2) is 0 Å². The first-order valence-corrected chi connectivity index (χ1v) is 11.4. The number of hydrogen-bond donors (Lipinski definition) is 0. The number of aromatic nitrogens is 2. The molecule has 1 saturated carbocycles. The van der Waals surface area contributed by atoms with Crippen LogP contribution in [0.4, 0.5) is 8.78 Å². The summed E-state index contributed by atoms with van der Waals surface area (Å²) < 4.78 is 34.3. The SMILES string of the molecule is Cc1cc(-c2nc(C)cc3c(C4CCC(F)(F)C4)cccc23)c2oc3nc(C)ccc3c2c1. The molecule has 3 heterocycles. The van der Waals surface area contributed by atoms with Crippen molar-refractivity contribution in [2.45, 2.75) is 51.9 Å². The Morgan fingerprint density at radius 3 is 2.52 bits per heavy atom. The maximum atomic E-state index is 14.0. The molecule has 6 rings (SSSR count). The van der Waals surface area contributed by atoms with E-state index >= 15 is 0 Å². The summed E-state index contributed by atoms with van der Waals surface area (Å²) in [7, 11) is 0. The van der Waals surface area contributed by atoms with Crippen molar-refractivity contribution >= 4 is 32.8 Å². The molecular weight excluding hydrogens is 418 g/mol. The van der Waals surface area contributed by atoms with Crippen molar-refractivity contribution in [3.05, 3.63) is 71.0 Å². The van der Waals surface area contributed by atoms with Crippen LogP contribution in [0.3, 0.4) is 0 Å². The van der Waals surface area contributed by atoms with Crippen LogP contribution in [-0.2, 0) is 0 Å². The van der Waals surface area contributed by atoms with Gasteiger partial charge in [0.2, 0.25) is 11.6 Å². The molecule has 3 nitrogen and oxygen atoms in total. The fourth-order valence-electron chi connectivity index (χ4n) is 5.38. The van der Waals surface area contributed by atoms with Gasteiger partial charge in [-0.1, -0.05) is 18.2 Å². The van der Waals surface area contributed by atoms with E-state index in [1.54, 1.807) is 0 Å². The second kappa shape index (κ2) is 7.08. The summed E-state index contributed by atoms with van der Waals surface area (Å²) in [5.41, 5.74) is 6.94. The quantitative estimate of drug-likeness (QED) is 0.278. The molecular formula is C28H24F2N2O. The van der Waals surface area contributed by atoms with Crippen LogP contribution in [0.15, 0.2) is 52.9 Å². The molecule has 0 radical (unpaired) electrons. The molecule has 1 atom stereocenters. The molecule has 0 saturated heterocycles. The highest BCUT2D eigenvalue weighted by atomic mass is 19.3. The van der Waals surface area contributed by atoms with Gasteiger partial charge in [-0.05, 0) is 80.0 Å². The average Bonchev–Trinajstić information content (AvgIpc) is 3.31. The van der Waals surface area contributed by atoms with Gasteiger partial charge in [-0.25, -0.2) is 13.8 Å². The van der Waals surface area contributed by atoms with Crippen molar-refractivity contribution in [3.63, 3.8) is 0 Å². The lowest BCUT2D eigenvalue weighted by molar-refractivity contribution is 0.00780. The van der Waals surface area contributed by atoms with Gasteiger partial charge in [0.1, 0.15) is 5.58 Å². The van der Waals surface area contributed by atoms with E-state index < -0.39 is 5.92 Å². The molecule has 1 aliphatic carbocycles. The third-order valence-electron chi connectivity index (χ3n) is 6.86. The average molecular weight is 443 g/mol. The highest BCUT2D eigenvalue weighted by molar-refractivity contribution is 6.11. The van der Waals surface area contributed by atoms with Crippen LogP contribution in [0.25, 0.3) is 44.1 Å². The molecule has 0 spiro atoms. The number of rotatable bonds is 2. The summed E-state index contributed by atoms with van der Waals surface area (Å²) in [6, 6.07) is 16.3. The normalized spacial score (nSPS) is 18.0. The minimum atomic E-state index is -2.58. The third-order valence-corrected chi connectivity index (χ3v) is 6.86. The number of aryl methyl sites for hydroxylation is 3. The van der Waals surface area contributed by atoms with Crippen LogP contribution in [0.1, 0.15) is 47.7 Å². The molecule has 1 aliphatic rings. The summed E-state index contributed by atoms with van der Waals surface area (Å²) in [5.74, 6) is -2.73. The van der Waals surface area contributed by atoms with E-state index in [0.29, 0.717) is 12.1 Å². The second-order valence-corrected chi connectivity index (χ2v) is 9.45. The van der Waals surface area contributed by atoms with Crippen molar-refractivity contribution in [2.24, 2.45) is 0 Å². The molecule has 1 unspecified atom stereocenters. The number of halogens is 2. The summed E-state index contributed by atoms with van der Waals surface area (Å²) in [5, 5.41) is 3.95.